The van der Waals surface area contributed by atoms with Gasteiger partial charge in [-0.15, -0.1) is 0 Å². The normalized spacial score (nSPS) is 13.5. The molecule has 0 spiro atoms. The second kappa shape index (κ2) is 6.15. The van der Waals surface area contributed by atoms with Gasteiger partial charge in [-0.25, -0.2) is 4.79 Å². The molecule has 1 rings (SSSR count). The van der Waals surface area contributed by atoms with Crippen molar-refractivity contribution in [2.45, 2.75) is 26.1 Å². The molecule has 0 aliphatic rings. The smallest absolute Gasteiger partial charge is 0.338 e. The Morgan fingerprint density at radius 3 is 2.72 bits per heavy atom. The van der Waals surface area contributed by atoms with Crippen LogP contribution in [0.25, 0.3) is 0 Å². The summed E-state index contributed by atoms with van der Waals surface area (Å²) in [5.41, 5.74) is 1.46. The van der Waals surface area contributed by atoms with Crippen LogP contribution in [-0.4, -0.2) is 28.9 Å². The Balaban J connectivity index is 2.94. The molecule has 0 aromatic heterocycles. The van der Waals surface area contributed by atoms with Crippen molar-refractivity contribution in [1.29, 1.82) is 5.26 Å². The molecule has 0 aliphatic carbocycles. The van der Waals surface area contributed by atoms with Crippen molar-refractivity contribution in [2.24, 2.45) is 0 Å². The quantitative estimate of drug-likeness (QED) is 0.771. The average Bonchev–Trinajstić information content (AvgIpc) is 2.38. The Morgan fingerprint density at radius 2 is 2.17 bits per heavy atom. The highest BCUT2D eigenvalue weighted by Crippen LogP contribution is 2.20. The number of nitrogens with zero attached hydrogens (tertiary/aromatic N) is 1. The number of hydrogen-bond donors (Lipinski definition) is 2. The first kappa shape index (κ1) is 14.2. The molecule has 0 aliphatic heterocycles. The van der Waals surface area contributed by atoms with Gasteiger partial charge in [0.15, 0.2) is 6.10 Å². The van der Waals surface area contributed by atoms with Gasteiger partial charge in [0.05, 0.1) is 18.2 Å². The molecular weight excluding hydrogens is 234 g/mol. The van der Waals surface area contributed by atoms with E-state index in [-0.39, 0.29) is 6.61 Å². The van der Waals surface area contributed by atoms with E-state index in [1.54, 1.807) is 26.0 Å². The first-order valence-electron chi connectivity index (χ1n) is 5.54. The number of esters is 1. The summed E-state index contributed by atoms with van der Waals surface area (Å²) in [6.07, 6.45) is -3.06. The highest BCUT2D eigenvalue weighted by atomic mass is 16.5. The molecule has 2 N–H and O–H groups in total. The lowest BCUT2D eigenvalue weighted by atomic mass is 9.99. The third kappa shape index (κ3) is 3.06. The highest BCUT2D eigenvalue weighted by Gasteiger charge is 2.27. The molecule has 0 bridgehead atoms. The van der Waals surface area contributed by atoms with Gasteiger partial charge in [0.2, 0.25) is 0 Å². The number of hydrogen-bond acceptors (Lipinski definition) is 5. The molecule has 0 saturated carbocycles. The maximum absolute atomic E-state index is 11.3. The third-order valence-corrected chi connectivity index (χ3v) is 2.55. The molecule has 2 unspecified atom stereocenters. The fraction of sp³-hybridized carbons (Fsp3) is 0.385. The van der Waals surface area contributed by atoms with Crippen LogP contribution in [0.2, 0.25) is 0 Å². The maximum Gasteiger partial charge on any atom is 0.338 e. The van der Waals surface area contributed by atoms with E-state index in [0.717, 1.165) is 5.56 Å². The standard InChI is InChI=1S/C13H15NO4/c1-3-18-13(17)12(16)11(15)9-5-4-8(2)10(6-9)7-14/h4-6,11-12,15-16H,3H2,1-2H3. The SMILES string of the molecule is CCOC(=O)C(O)C(O)c1ccc(C)c(C#N)c1. The Bertz CT molecular complexity index is 478. The third-order valence-electron chi connectivity index (χ3n) is 2.55. The Labute approximate surface area is 105 Å². The lowest BCUT2D eigenvalue weighted by Crippen LogP contribution is -2.29. The number of aliphatic hydroxyl groups excluding tert-OH is 2. The molecule has 0 amide bonds. The monoisotopic (exact) mass is 249 g/mol. The summed E-state index contributed by atoms with van der Waals surface area (Å²) in [4.78, 5) is 11.3. The van der Waals surface area contributed by atoms with Crippen molar-refractivity contribution in [1.82, 2.24) is 0 Å². The first-order valence-corrected chi connectivity index (χ1v) is 5.54. The summed E-state index contributed by atoms with van der Waals surface area (Å²) in [5, 5.41) is 28.3. The summed E-state index contributed by atoms with van der Waals surface area (Å²) >= 11 is 0. The summed E-state index contributed by atoms with van der Waals surface area (Å²) in [7, 11) is 0. The summed E-state index contributed by atoms with van der Waals surface area (Å²) in [6.45, 7) is 3.49. The van der Waals surface area contributed by atoms with Crippen molar-refractivity contribution in [2.75, 3.05) is 6.61 Å². The topological polar surface area (TPSA) is 90.6 Å². The van der Waals surface area contributed by atoms with E-state index in [4.69, 9.17) is 5.26 Å². The van der Waals surface area contributed by atoms with E-state index in [2.05, 4.69) is 4.74 Å². The Kier molecular flexibility index (Phi) is 4.84. The van der Waals surface area contributed by atoms with E-state index in [9.17, 15) is 15.0 Å². The number of carbonyl (C=O) groups is 1. The molecule has 5 nitrogen and oxygen atoms in total. The lowest BCUT2D eigenvalue weighted by molar-refractivity contribution is -0.159. The van der Waals surface area contributed by atoms with Gasteiger partial charge in [0.1, 0.15) is 6.10 Å². The number of aryl methyl sites for hydroxylation is 1. The van der Waals surface area contributed by atoms with Gasteiger partial charge >= 0.3 is 5.97 Å². The fourth-order valence-corrected chi connectivity index (χ4v) is 1.48. The van der Waals surface area contributed by atoms with Crippen LogP contribution in [0.15, 0.2) is 18.2 Å². The number of aliphatic hydroxyl groups is 2. The zero-order valence-electron chi connectivity index (χ0n) is 10.3. The molecule has 1 aromatic rings. The minimum Gasteiger partial charge on any atom is -0.464 e. The van der Waals surface area contributed by atoms with Crippen molar-refractivity contribution in [3.05, 3.63) is 34.9 Å². The van der Waals surface area contributed by atoms with E-state index in [1.165, 1.54) is 6.07 Å². The Hall–Kier alpha value is -1.90. The van der Waals surface area contributed by atoms with Gasteiger partial charge in [0.25, 0.3) is 0 Å². The minimum atomic E-state index is -1.65. The number of rotatable bonds is 4. The number of carbonyl (C=O) groups excluding carboxylic acids is 1. The molecular formula is C13H15NO4. The van der Waals surface area contributed by atoms with Crippen LogP contribution in [0.1, 0.15) is 29.7 Å². The van der Waals surface area contributed by atoms with Crippen LogP contribution in [0, 0.1) is 18.3 Å². The summed E-state index contributed by atoms with van der Waals surface area (Å²) in [6, 6.07) is 6.63. The average molecular weight is 249 g/mol. The van der Waals surface area contributed by atoms with E-state index >= 15 is 0 Å². The molecule has 96 valence electrons. The number of nitriles is 1. The second-order valence-corrected chi connectivity index (χ2v) is 3.83. The van der Waals surface area contributed by atoms with E-state index < -0.39 is 18.2 Å². The summed E-state index contributed by atoms with van der Waals surface area (Å²) in [5.74, 6) is -0.885. The van der Waals surface area contributed by atoms with Crippen molar-refractivity contribution < 1.29 is 19.7 Å². The molecule has 0 radical (unpaired) electrons. The van der Waals surface area contributed by atoms with Gasteiger partial charge in [-0.2, -0.15) is 5.26 Å². The number of ether oxygens (including phenoxy) is 1. The van der Waals surface area contributed by atoms with E-state index in [1.807, 2.05) is 6.07 Å². The van der Waals surface area contributed by atoms with Crippen LogP contribution < -0.4 is 0 Å². The molecule has 1 aromatic carbocycles. The van der Waals surface area contributed by atoms with Gasteiger partial charge in [-0.05, 0) is 31.0 Å². The second-order valence-electron chi connectivity index (χ2n) is 3.83. The molecule has 0 saturated heterocycles. The van der Waals surface area contributed by atoms with Crippen molar-refractivity contribution >= 4 is 5.97 Å². The first-order chi connectivity index (χ1) is 8.51. The predicted molar refractivity (Wildman–Crippen MR) is 63.5 cm³/mol. The molecule has 18 heavy (non-hydrogen) atoms. The Morgan fingerprint density at radius 1 is 1.50 bits per heavy atom. The molecule has 0 heterocycles. The highest BCUT2D eigenvalue weighted by molar-refractivity contribution is 5.75. The summed E-state index contributed by atoms with van der Waals surface area (Å²) < 4.78 is 4.61. The van der Waals surface area contributed by atoms with Gasteiger partial charge in [0, 0.05) is 0 Å². The zero-order chi connectivity index (χ0) is 13.7. The molecule has 2 atom stereocenters. The van der Waals surface area contributed by atoms with Crippen LogP contribution in [0.5, 0.6) is 0 Å². The van der Waals surface area contributed by atoms with Crippen LogP contribution in [0.4, 0.5) is 0 Å². The lowest BCUT2D eigenvalue weighted by Gasteiger charge is -2.17. The van der Waals surface area contributed by atoms with Crippen LogP contribution in [-0.2, 0) is 9.53 Å². The van der Waals surface area contributed by atoms with Gasteiger partial charge in [-0.1, -0.05) is 12.1 Å². The maximum atomic E-state index is 11.3. The van der Waals surface area contributed by atoms with Gasteiger partial charge in [-0.3, -0.25) is 0 Å². The largest absolute Gasteiger partial charge is 0.464 e. The van der Waals surface area contributed by atoms with Crippen molar-refractivity contribution in [3.63, 3.8) is 0 Å². The fourth-order valence-electron chi connectivity index (χ4n) is 1.48. The van der Waals surface area contributed by atoms with Crippen LogP contribution in [0.3, 0.4) is 0 Å². The zero-order valence-corrected chi connectivity index (χ0v) is 10.3. The van der Waals surface area contributed by atoms with Crippen molar-refractivity contribution in [3.8, 4) is 6.07 Å². The molecule has 5 heteroatoms. The predicted octanol–water partition coefficient (Wildman–Crippen LogP) is 0.824. The van der Waals surface area contributed by atoms with Crippen LogP contribution >= 0.6 is 0 Å². The molecule has 0 fully saturated rings. The van der Waals surface area contributed by atoms with Gasteiger partial charge < -0.3 is 14.9 Å². The number of benzene rings is 1. The minimum absolute atomic E-state index is 0.125. The van der Waals surface area contributed by atoms with E-state index in [0.29, 0.717) is 11.1 Å².